The summed E-state index contributed by atoms with van der Waals surface area (Å²) in [4.78, 5) is 25.6. The number of carbonyl (C=O) groups is 2. The molecule has 0 bridgehead atoms. The molecular weight excluding hydrogens is 315 g/mol. The molecular formula is C17H21FN2O4. The number of urea groups is 1. The summed E-state index contributed by atoms with van der Waals surface area (Å²) in [5, 5.41) is 12.2. The summed E-state index contributed by atoms with van der Waals surface area (Å²) >= 11 is 0. The molecule has 6 nitrogen and oxygen atoms in total. The van der Waals surface area contributed by atoms with E-state index in [1.165, 1.54) is 17.0 Å². The molecule has 0 unspecified atom stereocenters. The molecule has 0 aromatic heterocycles. The van der Waals surface area contributed by atoms with Crippen LogP contribution in [0.5, 0.6) is 5.75 Å². The molecule has 1 saturated heterocycles. The Labute approximate surface area is 139 Å². The van der Waals surface area contributed by atoms with Crippen LogP contribution in [0.1, 0.15) is 26.2 Å². The SMILES string of the molecule is CCOc1ccc(NC(=O)N2C[C@@H]3CCC[C@@]3(C(=O)O)C2)cc1F. The van der Waals surface area contributed by atoms with Crippen molar-refractivity contribution in [2.45, 2.75) is 26.2 Å². The number of benzene rings is 1. The highest BCUT2D eigenvalue weighted by Crippen LogP contribution is 2.48. The molecule has 1 aromatic rings. The molecule has 1 aliphatic heterocycles. The number of nitrogens with zero attached hydrogens (tertiary/aromatic N) is 1. The average molecular weight is 336 g/mol. The number of aliphatic carboxylic acids is 1. The summed E-state index contributed by atoms with van der Waals surface area (Å²) < 4.78 is 19.0. The van der Waals surface area contributed by atoms with Gasteiger partial charge in [-0.25, -0.2) is 9.18 Å². The van der Waals surface area contributed by atoms with E-state index in [4.69, 9.17) is 4.74 Å². The number of carboxylic acid groups (broad SMARTS) is 1. The summed E-state index contributed by atoms with van der Waals surface area (Å²) in [6.45, 7) is 2.75. The number of ether oxygens (including phenoxy) is 1. The number of likely N-dealkylation sites (tertiary alicyclic amines) is 1. The number of hydrogen-bond acceptors (Lipinski definition) is 3. The van der Waals surface area contributed by atoms with E-state index in [-0.39, 0.29) is 18.2 Å². The normalized spacial score (nSPS) is 25.4. The first-order valence-corrected chi connectivity index (χ1v) is 8.18. The Hall–Kier alpha value is -2.31. The number of carboxylic acids is 1. The highest BCUT2D eigenvalue weighted by atomic mass is 19.1. The third-order valence-corrected chi connectivity index (χ3v) is 5.07. The molecule has 1 aliphatic carbocycles. The first kappa shape index (κ1) is 16.5. The van der Waals surface area contributed by atoms with Crippen LogP contribution in [0.3, 0.4) is 0 Å². The third kappa shape index (κ3) is 2.79. The zero-order valence-electron chi connectivity index (χ0n) is 13.5. The first-order valence-electron chi connectivity index (χ1n) is 8.18. The maximum absolute atomic E-state index is 13.9. The van der Waals surface area contributed by atoms with E-state index in [0.29, 0.717) is 25.3 Å². The fraction of sp³-hybridized carbons (Fsp3) is 0.529. The molecule has 0 spiro atoms. The van der Waals surface area contributed by atoms with Crippen LogP contribution in [-0.2, 0) is 4.79 Å². The molecule has 1 aromatic carbocycles. The van der Waals surface area contributed by atoms with Crippen molar-refractivity contribution in [2.75, 3.05) is 25.0 Å². The van der Waals surface area contributed by atoms with Gasteiger partial charge in [-0.05, 0) is 37.8 Å². The van der Waals surface area contributed by atoms with Crippen LogP contribution < -0.4 is 10.1 Å². The first-order chi connectivity index (χ1) is 11.5. The number of anilines is 1. The van der Waals surface area contributed by atoms with Gasteiger partial charge >= 0.3 is 12.0 Å². The highest BCUT2D eigenvalue weighted by Gasteiger charge is 2.55. The lowest BCUT2D eigenvalue weighted by atomic mass is 9.81. The second kappa shape index (κ2) is 6.30. The van der Waals surface area contributed by atoms with E-state index >= 15 is 0 Å². The van der Waals surface area contributed by atoms with E-state index in [1.807, 2.05) is 0 Å². The zero-order valence-corrected chi connectivity index (χ0v) is 13.5. The van der Waals surface area contributed by atoms with E-state index < -0.39 is 23.2 Å². The van der Waals surface area contributed by atoms with Crippen molar-refractivity contribution >= 4 is 17.7 Å². The van der Waals surface area contributed by atoms with E-state index in [1.54, 1.807) is 13.0 Å². The van der Waals surface area contributed by atoms with Gasteiger partial charge in [0.2, 0.25) is 0 Å². The van der Waals surface area contributed by atoms with Crippen LogP contribution in [0.15, 0.2) is 18.2 Å². The van der Waals surface area contributed by atoms with Gasteiger partial charge in [0.05, 0.1) is 12.0 Å². The van der Waals surface area contributed by atoms with E-state index in [0.717, 1.165) is 12.8 Å². The Bertz CT molecular complexity index is 666. The van der Waals surface area contributed by atoms with Crippen LogP contribution in [-0.4, -0.2) is 41.7 Å². The summed E-state index contributed by atoms with van der Waals surface area (Å²) in [6, 6.07) is 3.84. The van der Waals surface area contributed by atoms with E-state index in [2.05, 4.69) is 5.32 Å². The maximum atomic E-state index is 13.9. The zero-order chi connectivity index (χ0) is 17.3. The summed E-state index contributed by atoms with van der Waals surface area (Å²) in [6.07, 6.45) is 2.32. The number of nitrogens with one attached hydrogen (secondary N) is 1. The molecule has 1 saturated carbocycles. The molecule has 24 heavy (non-hydrogen) atoms. The van der Waals surface area contributed by atoms with Crippen molar-refractivity contribution in [3.8, 4) is 5.75 Å². The van der Waals surface area contributed by atoms with Crippen LogP contribution in [0.4, 0.5) is 14.9 Å². The van der Waals surface area contributed by atoms with Crippen molar-refractivity contribution in [1.29, 1.82) is 0 Å². The Morgan fingerprint density at radius 1 is 1.50 bits per heavy atom. The van der Waals surface area contributed by atoms with Crippen LogP contribution in [0.25, 0.3) is 0 Å². The predicted octanol–water partition coefficient (Wildman–Crippen LogP) is 2.94. The number of hydrogen-bond donors (Lipinski definition) is 2. The number of amides is 2. The van der Waals surface area contributed by atoms with Crippen molar-refractivity contribution in [1.82, 2.24) is 4.90 Å². The lowest BCUT2D eigenvalue weighted by molar-refractivity contribution is -0.149. The van der Waals surface area contributed by atoms with Gasteiger partial charge in [-0.3, -0.25) is 4.79 Å². The lowest BCUT2D eigenvalue weighted by Crippen LogP contribution is -2.38. The molecule has 2 amide bonds. The van der Waals surface area contributed by atoms with Gasteiger partial charge in [0.1, 0.15) is 0 Å². The van der Waals surface area contributed by atoms with Gasteiger partial charge in [0.25, 0.3) is 0 Å². The molecule has 2 fully saturated rings. The minimum atomic E-state index is -0.826. The Kier molecular flexibility index (Phi) is 4.34. The van der Waals surface area contributed by atoms with Crippen LogP contribution in [0, 0.1) is 17.2 Å². The molecule has 1 heterocycles. The average Bonchev–Trinajstić information content (AvgIpc) is 3.08. The van der Waals surface area contributed by atoms with Crippen LogP contribution in [0.2, 0.25) is 0 Å². The van der Waals surface area contributed by atoms with Crippen LogP contribution >= 0.6 is 0 Å². The van der Waals surface area contributed by atoms with Crippen molar-refractivity contribution in [3.05, 3.63) is 24.0 Å². The molecule has 2 aliphatic rings. The van der Waals surface area contributed by atoms with Crippen molar-refractivity contribution in [3.63, 3.8) is 0 Å². The number of carbonyl (C=O) groups excluding carboxylic acids is 1. The smallest absolute Gasteiger partial charge is 0.321 e. The van der Waals surface area contributed by atoms with Gasteiger partial charge in [-0.15, -0.1) is 0 Å². The third-order valence-electron chi connectivity index (χ3n) is 5.07. The quantitative estimate of drug-likeness (QED) is 0.886. The van der Waals surface area contributed by atoms with Gasteiger partial charge in [-0.2, -0.15) is 0 Å². The summed E-state index contributed by atoms with van der Waals surface area (Å²) in [7, 11) is 0. The van der Waals surface area contributed by atoms with Gasteiger partial charge in [-0.1, -0.05) is 6.42 Å². The number of halogens is 1. The predicted molar refractivity (Wildman–Crippen MR) is 85.6 cm³/mol. The largest absolute Gasteiger partial charge is 0.491 e. The second-order valence-electron chi connectivity index (χ2n) is 6.44. The minimum absolute atomic E-state index is 0.00202. The van der Waals surface area contributed by atoms with Gasteiger partial charge in [0, 0.05) is 24.8 Å². The molecule has 2 N–H and O–H groups in total. The highest BCUT2D eigenvalue weighted by molar-refractivity contribution is 5.90. The summed E-state index contributed by atoms with van der Waals surface area (Å²) in [5.74, 6) is -1.24. The molecule has 130 valence electrons. The molecule has 2 atom stereocenters. The fourth-order valence-electron chi connectivity index (χ4n) is 3.85. The standard InChI is InChI=1S/C17H21FN2O4/c1-2-24-14-6-5-12(8-13(14)18)19-16(23)20-9-11-4-3-7-17(11,10-20)15(21)22/h5-6,8,11H,2-4,7,9-10H2,1H3,(H,19,23)(H,21,22)/t11-,17+/m0/s1. The fourth-order valence-corrected chi connectivity index (χ4v) is 3.85. The van der Waals surface area contributed by atoms with Gasteiger partial charge in [0.15, 0.2) is 11.6 Å². The number of rotatable bonds is 4. The van der Waals surface area contributed by atoms with Crippen molar-refractivity contribution < 1.29 is 23.8 Å². The molecule has 0 radical (unpaired) electrons. The molecule has 3 rings (SSSR count). The Morgan fingerprint density at radius 3 is 2.92 bits per heavy atom. The molecule has 7 heteroatoms. The lowest BCUT2D eigenvalue weighted by Gasteiger charge is -2.23. The topological polar surface area (TPSA) is 78.9 Å². The maximum Gasteiger partial charge on any atom is 0.321 e. The summed E-state index contributed by atoms with van der Waals surface area (Å²) in [5.41, 5.74) is -0.496. The Balaban J connectivity index is 1.68. The van der Waals surface area contributed by atoms with E-state index in [9.17, 15) is 19.1 Å². The number of fused-ring (bicyclic) bond motifs is 1. The minimum Gasteiger partial charge on any atom is -0.491 e. The second-order valence-corrected chi connectivity index (χ2v) is 6.44. The van der Waals surface area contributed by atoms with Crippen molar-refractivity contribution in [2.24, 2.45) is 11.3 Å². The monoisotopic (exact) mass is 336 g/mol. The Morgan fingerprint density at radius 2 is 2.29 bits per heavy atom. The van der Waals surface area contributed by atoms with Gasteiger partial charge < -0.3 is 20.1 Å².